The van der Waals surface area contributed by atoms with E-state index >= 15 is 0 Å². The van der Waals surface area contributed by atoms with Crippen LogP contribution in [0.25, 0.3) is 11.8 Å². The summed E-state index contributed by atoms with van der Waals surface area (Å²) in [5.41, 5.74) is 2.60. The number of halogens is 1. The molecule has 1 amide bonds. The van der Waals surface area contributed by atoms with Crippen molar-refractivity contribution in [1.82, 2.24) is 14.9 Å². The highest BCUT2D eigenvalue weighted by Crippen LogP contribution is 2.25. The predicted octanol–water partition coefficient (Wildman–Crippen LogP) is 3.54. The fourth-order valence-electron chi connectivity index (χ4n) is 2.69. The number of benzene rings is 2. The zero-order valence-corrected chi connectivity index (χ0v) is 16.3. The Morgan fingerprint density at radius 3 is 2.86 bits per heavy atom. The van der Waals surface area contributed by atoms with Crippen LogP contribution < -0.4 is 14.8 Å². The second-order valence-electron chi connectivity index (χ2n) is 6.28. The third-order valence-corrected chi connectivity index (χ3v) is 4.09. The Bertz CT molecular complexity index is 1010. The van der Waals surface area contributed by atoms with Crippen LogP contribution in [0.2, 0.25) is 0 Å². The van der Waals surface area contributed by atoms with Crippen molar-refractivity contribution >= 4 is 12.0 Å². The van der Waals surface area contributed by atoms with Gasteiger partial charge in [0, 0.05) is 18.3 Å². The molecule has 150 valence electrons. The van der Waals surface area contributed by atoms with Crippen molar-refractivity contribution in [3.05, 3.63) is 78.1 Å². The van der Waals surface area contributed by atoms with Gasteiger partial charge in [0.2, 0.25) is 5.91 Å². The van der Waals surface area contributed by atoms with Gasteiger partial charge in [-0.3, -0.25) is 4.79 Å². The summed E-state index contributed by atoms with van der Waals surface area (Å²) in [6.07, 6.45) is 6.78. The van der Waals surface area contributed by atoms with E-state index in [0.717, 1.165) is 16.9 Å². The highest BCUT2D eigenvalue weighted by atomic mass is 19.1. The molecular weight excluding hydrogens is 373 g/mol. The number of imidazole rings is 1. The first-order valence-corrected chi connectivity index (χ1v) is 9.08. The smallest absolute Gasteiger partial charge is 0.244 e. The molecule has 1 heterocycles. The summed E-state index contributed by atoms with van der Waals surface area (Å²) in [5, 5.41) is 2.72. The largest absolute Gasteiger partial charge is 0.495 e. The number of ether oxygens (including phenoxy) is 2. The molecular formula is C22H22FN3O3. The first kappa shape index (κ1) is 20.1. The Morgan fingerprint density at radius 1 is 1.28 bits per heavy atom. The molecule has 0 saturated carbocycles. The van der Waals surface area contributed by atoms with Crippen molar-refractivity contribution in [2.24, 2.45) is 0 Å². The molecule has 0 saturated heterocycles. The third kappa shape index (κ3) is 5.68. The van der Waals surface area contributed by atoms with Crippen molar-refractivity contribution in [2.45, 2.75) is 6.92 Å². The number of carbonyl (C=O) groups excluding carboxylic acids is 1. The normalized spacial score (nSPS) is 10.9. The van der Waals surface area contributed by atoms with E-state index in [-0.39, 0.29) is 18.3 Å². The molecule has 0 radical (unpaired) electrons. The van der Waals surface area contributed by atoms with Gasteiger partial charge >= 0.3 is 0 Å². The maximum absolute atomic E-state index is 13.1. The Kier molecular flexibility index (Phi) is 6.63. The molecule has 3 aromatic rings. The van der Waals surface area contributed by atoms with E-state index < -0.39 is 0 Å². The van der Waals surface area contributed by atoms with Gasteiger partial charge < -0.3 is 19.4 Å². The van der Waals surface area contributed by atoms with E-state index in [9.17, 15) is 9.18 Å². The van der Waals surface area contributed by atoms with Gasteiger partial charge in [-0.1, -0.05) is 12.1 Å². The average molecular weight is 395 g/mol. The van der Waals surface area contributed by atoms with E-state index in [2.05, 4.69) is 10.3 Å². The average Bonchev–Trinajstić information content (AvgIpc) is 3.15. The molecule has 0 unspecified atom stereocenters. The van der Waals surface area contributed by atoms with Crippen LogP contribution in [0, 0.1) is 12.7 Å². The van der Waals surface area contributed by atoms with Crippen LogP contribution in [0.15, 0.2) is 61.1 Å². The van der Waals surface area contributed by atoms with E-state index in [1.54, 1.807) is 31.6 Å². The molecule has 0 aliphatic heterocycles. The summed E-state index contributed by atoms with van der Waals surface area (Å²) in [7, 11) is 1.60. The molecule has 0 bridgehead atoms. The first-order valence-electron chi connectivity index (χ1n) is 9.08. The van der Waals surface area contributed by atoms with Gasteiger partial charge in [0.05, 0.1) is 31.4 Å². The minimum atomic E-state index is -0.362. The molecule has 0 aliphatic carbocycles. The fourth-order valence-corrected chi connectivity index (χ4v) is 2.69. The van der Waals surface area contributed by atoms with E-state index in [1.165, 1.54) is 18.2 Å². The van der Waals surface area contributed by atoms with E-state index in [4.69, 9.17) is 9.47 Å². The predicted molar refractivity (Wildman–Crippen MR) is 109 cm³/mol. The summed E-state index contributed by atoms with van der Waals surface area (Å²) in [5.74, 6) is 0.490. The van der Waals surface area contributed by atoms with Gasteiger partial charge in [-0.25, -0.2) is 9.37 Å². The number of carbonyl (C=O) groups is 1. The quantitative estimate of drug-likeness (QED) is 0.468. The van der Waals surface area contributed by atoms with Gasteiger partial charge in [-0.15, -0.1) is 0 Å². The number of aromatic nitrogens is 2. The highest BCUT2D eigenvalue weighted by Gasteiger charge is 2.06. The Balaban J connectivity index is 1.53. The summed E-state index contributed by atoms with van der Waals surface area (Å²) >= 11 is 0. The molecule has 29 heavy (non-hydrogen) atoms. The monoisotopic (exact) mass is 395 g/mol. The molecule has 0 aliphatic rings. The van der Waals surface area contributed by atoms with Crippen LogP contribution in [0.5, 0.6) is 11.5 Å². The zero-order chi connectivity index (χ0) is 20.6. The summed E-state index contributed by atoms with van der Waals surface area (Å²) in [6.45, 7) is 2.47. The van der Waals surface area contributed by atoms with Crippen LogP contribution in [-0.2, 0) is 4.79 Å². The van der Waals surface area contributed by atoms with Crippen molar-refractivity contribution in [2.75, 3.05) is 20.3 Å². The van der Waals surface area contributed by atoms with Crippen LogP contribution >= 0.6 is 0 Å². The number of hydrogen-bond acceptors (Lipinski definition) is 4. The molecule has 3 rings (SSSR count). The van der Waals surface area contributed by atoms with Crippen molar-refractivity contribution in [3.63, 3.8) is 0 Å². The summed E-state index contributed by atoms with van der Waals surface area (Å²) in [4.78, 5) is 16.2. The second kappa shape index (κ2) is 9.54. The molecule has 7 heteroatoms. The Hall–Kier alpha value is -3.61. The number of methoxy groups -OCH3 is 1. The number of amides is 1. The minimum Gasteiger partial charge on any atom is -0.495 e. The first-order chi connectivity index (χ1) is 14.0. The van der Waals surface area contributed by atoms with Gasteiger partial charge in [-0.05, 0) is 42.8 Å². The standard InChI is InChI=1S/C22H22FN3O3/c1-16-14-26(15-25-16)20-8-6-17(12-21(20)28-2)7-9-22(27)24-10-11-29-19-5-3-4-18(23)13-19/h3-9,12-15H,10-11H2,1-2H3,(H,24,27)/b9-7+. The topological polar surface area (TPSA) is 65.4 Å². The molecule has 0 fully saturated rings. The molecule has 2 aromatic carbocycles. The van der Waals surface area contributed by atoms with Gasteiger partial charge in [0.1, 0.15) is 23.9 Å². The summed E-state index contributed by atoms with van der Waals surface area (Å²) in [6, 6.07) is 11.5. The lowest BCUT2D eigenvalue weighted by atomic mass is 10.1. The minimum absolute atomic E-state index is 0.246. The number of aryl methyl sites for hydroxylation is 1. The molecule has 0 spiro atoms. The highest BCUT2D eigenvalue weighted by molar-refractivity contribution is 5.91. The lowest BCUT2D eigenvalue weighted by Gasteiger charge is -2.10. The lowest BCUT2D eigenvalue weighted by molar-refractivity contribution is -0.116. The van der Waals surface area contributed by atoms with Gasteiger partial charge in [0.25, 0.3) is 0 Å². The molecule has 6 nitrogen and oxygen atoms in total. The SMILES string of the molecule is COc1cc(/C=C/C(=O)NCCOc2cccc(F)c2)ccc1-n1cnc(C)c1. The van der Waals surface area contributed by atoms with Crippen LogP contribution in [-0.4, -0.2) is 35.7 Å². The number of rotatable bonds is 8. The number of hydrogen-bond donors (Lipinski definition) is 1. The molecule has 1 aromatic heterocycles. The lowest BCUT2D eigenvalue weighted by Crippen LogP contribution is -2.26. The van der Waals surface area contributed by atoms with E-state index in [0.29, 0.717) is 18.0 Å². The van der Waals surface area contributed by atoms with Crippen LogP contribution in [0.1, 0.15) is 11.3 Å². The van der Waals surface area contributed by atoms with Gasteiger partial charge in [0.15, 0.2) is 0 Å². The fraction of sp³-hybridized carbons (Fsp3) is 0.182. The van der Waals surface area contributed by atoms with Gasteiger partial charge in [-0.2, -0.15) is 0 Å². The zero-order valence-electron chi connectivity index (χ0n) is 16.3. The Morgan fingerprint density at radius 2 is 2.14 bits per heavy atom. The van der Waals surface area contributed by atoms with Crippen LogP contribution in [0.4, 0.5) is 4.39 Å². The van der Waals surface area contributed by atoms with E-state index in [1.807, 2.05) is 35.9 Å². The van der Waals surface area contributed by atoms with Crippen molar-refractivity contribution < 1.29 is 18.7 Å². The van der Waals surface area contributed by atoms with Crippen LogP contribution in [0.3, 0.4) is 0 Å². The third-order valence-electron chi connectivity index (χ3n) is 4.09. The maximum atomic E-state index is 13.1. The number of nitrogens with one attached hydrogen (secondary N) is 1. The number of nitrogens with zero attached hydrogens (tertiary/aromatic N) is 2. The molecule has 0 atom stereocenters. The maximum Gasteiger partial charge on any atom is 0.244 e. The Labute approximate surface area is 168 Å². The van der Waals surface area contributed by atoms with Crippen molar-refractivity contribution in [1.29, 1.82) is 0 Å². The second-order valence-corrected chi connectivity index (χ2v) is 6.28. The molecule has 1 N–H and O–H groups in total. The van der Waals surface area contributed by atoms with Crippen molar-refractivity contribution in [3.8, 4) is 17.2 Å². The summed E-state index contributed by atoms with van der Waals surface area (Å²) < 4.78 is 25.8.